The third-order valence-electron chi connectivity index (χ3n) is 2.68. The summed E-state index contributed by atoms with van der Waals surface area (Å²) in [5, 5.41) is 21.8. The van der Waals surface area contributed by atoms with Crippen molar-refractivity contribution >= 4 is 17.6 Å². The minimum absolute atomic E-state index is 0.0777. The predicted molar refractivity (Wildman–Crippen MR) is 65.9 cm³/mol. The number of carbonyl (C=O) groups excluding carboxylic acids is 1. The van der Waals surface area contributed by atoms with Crippen LogP contribution < -0.4 is 5.32 Å². The van der Waals surface area contributed by atoms with E-state index >= 15 is 0 Å². The summed E-state index contributed by atoms with van der Waals surface area (Å²) >= 11 is 0. The molecule has 0 unspecified atom stereocenters. The summed E-state index contributed by atoms with van der Waals surface area (Å²) in [5.74, 6) is -1.77. The number of nitrogens with zero attached hydrogens (tertiary/aromatic N) is 2. The number of nitrogens with one attached hydrogen (secondary N) is 1. The van der Waals surface area contributed by atoms with Gasteiger partial charge in [-0.05, 0) is 13.3 Å². The van der Waals surface area contributed by atoms with Crippen LogP contribution in [-0.2, 0) is 11.3 Å². The van der Waals surface area contributed by atoms with E-state index in [-0.39, 0.29) is 17.8 Å². The molecule has 0 saturated carbocycles. The standard InChI is InChI=1S/C11H15N3O5/c1-3-8(11(16)17)12-10(15)9-5-7(14(18)19)6-13(9)4-2/h5-6,8H,3-4H2,1-2H3,(H,12,15)(H,16,17)/t8-/m0/s1. The summed E-state index contributed by atoms with van der Waals surface area (Å²) in [6, 6.07) is 0.125. The average Bonchev–Trinajstić information content (AvgIpc) is 2.79. The minimum atomic E-state index is -1.14. The first kappa shape index (κ1) is 14.7. The third-order valence-corrected chi connectivity index (χ3v) is 2.68. The molecule has 0 radical (unpaired) electrons. The van der Waals surface area contributed by atoms with Crippen molar-refractivity contribution in [1.29, 1.82) is 0 Å². The van der Waals surface area contributed by atoms with Gasteiger partial charge in [0.2, 0.25) is 0 Å². The van der Waals surface area contributed by atoms with Crippen molar-refractivity contribution in [2.75, 3.05) is 0 Å². The van der Waals surface area contributed by atoms with Crippen molar-refractivity contribution in [3.8, 4) is 0 Å². The van der Waals surface area contributed by atoms with Gasteiger partial charge in [0.1, 0.15) is 11.7 Å². The number of amides is 1. The van der Waals surface area contributed by atoms with Crippen LogP contribution in [0.3, 0.4) is 0 Å². The molecule has 8 heteroatoms. The number of hydrogen-bond acceptors (Lipinski definition) is 4. The van der Waals surface area contributed by atoms with Crippen LogP contribution in [0, 0.1) is 10.1 Å². The minimum Gasteiger partial charge on any atom is -0.480 e. The van der Waals surface area contributed by atoms with Gasteiger partial charge in [0.15, 0.2) is 0 Å². The Bertz CT molecular complexity index is 508. The van der Waals surface area contributed by atoms with Crippen molar-refractivity contribution < 1.29 is 19.6 Å². The number of carbonyl (C=O) groups is 2. The Balaban J connectivity index is 2.98. The van der Waals surface area contributed by atoms with Crippen LogP contribution >= 0.6 is 0 Å². The summed E-state index contributed by atoms with van der Waals surface area (Å²) in [5.41, 5.74) is -0.121. The summed E-state index contributed by atoms with van der Waals surface area (Å²) in [6.45, 7) is 3.73. The zero-order valence-electron chi connectivity index (χ0n) is 10.6. The zero-order chi connectivity index (χ0) is 14.6. The fourth-order valence-corrected chi connectivity index (χ4v) is 1.62. The molecule has 0 aromatic carbocycles. The van der Waals surface area contributed by atoms with Crippen molar-refractivity contribution in [1.82, 2.24) is 9.88 Å². The maximum Gasteiger partial charge on any atom is 0.326 e. The van der Waals surface area contributed by atoms with Crippen LogP contribution in [0.2, 0.25) is 0 Å². The molecular formula is C11H15N3O5. The van der Waals surface area contributed by atoms with Gasteiger partial charge in [-0.1, -0.05) is 6.92 Å². The number of nitro groups is 1. The monoisotopic (exact) mass is 269 g/mol. The highest BCUT2D eigenvalue weighted by Gasteiger charge is 2.23. The molecule has 1 atom stereocenters. The smallest absolute Gasteiger partial charge is 0.326 e. The lowest BCUT2D eigenvalue weighted by Crippen LogP contribution is -2.40. The third kappa shape index (κ3) is 3.30. The van der Waals surface area contributed by atoms with Gasteiger partial charge in [0.25, 0.3) is 11.6 Å². The van der Waals surface area contributed by atoms with E-state index in [1.807, 2.05) is 0 Å². The molecule has 1 amide bonds. The van der Waals surface area contributed by atoms with E-state index in [1.165, 1.54) is 10.8 Å². The predicted octanol–water partition coefficient (Wildman–Crippen LogP) is 1.01. The van der Waals surface area contributed by atoms with Gasteiger partial charge in [-0.2, -0.15) is 0 Å². The highest BCUT2D eigenvalue weighted by Crippen LogP contribution is 2.16. The molecule has 1 rings (SSSR count). The lowest BCUT2D eigenvalue weighted by atomic mass is 10.2. The molecule has 8 nitrogen and oxygen atoms in total. The number of carboxylic acids is 1. The molecule has 104 valence electrons. The van der Waals surface area contributed by atoms with Crippen LogP contribution in [0.1, 0.15) is 30.8 Å². The van der Waals surface area contributed by atoms with Crippen LogP contribution in [0.25, 0.3) is 0 Å². The highest BCUT2D eigenvalue weighted by molar-refractivity contribution is 5.96. The van der Waals surface area contributed by atoms with Crippen LogP contribution in [0.5, 0.6) is 0 Å². The quantitative estimate of drug-likeness (QED) is 0.590. The Morgan fingerprint density at radius 3 is 2.58 bits per heavy atom. The normalized spacial score (nSPS) is 11.9. The zero-order valence-corrected chi connectivity index (χ0v) is 10.6. The second-order valence-electron chi connectivity index (χ2n) is 3.90. The summed E-state index contributed by atoms with van der Waals surface area (Å²) in [4.78, 5) is 32.8. The van der Waals surface area contributed by atoms with Gasteiger partial charge < -0.3 is 15.0 Å². The second-order valence-corrected chi connectivity index (χ2v) is 3.90. The molecule has 0 aliphatic carbocycles. The maximum absolute atomic E-state index is 11.9. The first-order chi connectivity index (χ1) is 8.90. The van der Waals surface area contributed by atoms with Crippen LogP contribution in [0.4, 0.5) is 5.69 Å². The molecule has 1 aromatic heterocycles. The molecule has 0 spiro atoms. The number of rotatable bonds is 6. The summed E-state index contributed by atoms with van der Waals surface area (Å²) in [6.07, 6.45) is 1.48. The van der Waals surface area contributed by atoms with E-state index in [9.17, 15) is 19.7 Å². The van der Waals surface area contributed by atoms with Crippen molar-refractivity contribution in [2.24, 2.45) is 0 Å². The topological polar surface area (TPSA) is 114 Å². The average molecular weight is 269 g/mol. The second kappa shape index (κ2) is 5.98. The van der Waals surface area contributed by atoms with Gasteiger partial charge in [0, 0.05) is 12.6 Å². The van der Waals surface area contributed by atoms with Gasteiger partial charge in [-0.3, -0.25) is 14.9 Å². The molecule has 0 aliphatic rings. The number of aryl methyl sites for hydroxylation is 1. The molecule has 19 heavy (non-hydrogen) atoms. The molecule has 0 fully saturated rings. The summed E-state index contributed by atoms with van der Waals surface area (Å²) in [7, 11) is 0. The molecule has 0 aliphatic heterocycles. The summed E-state index contributed by atoms with van der Waals surface area (Å²) < 4.78 is 1.40. The van der Waals surface area contributed by atoms with Gasteiger partial charge in [-0.15, -0.1) is 0 Å². The Morgan fingerprint density at radius 1 is 1.53 bits per heavy atom. The fourth-order valence-electron chi connectivity index (χ4n) is 1.62. The SMILES string of the molecule is CC[C@H](NC(=O)c1cc([N+](=O)[O-])cn1CC)C(=O)O. The van der Waals surface area contributed by atoms with Crippen molar-refractivity contribution in [3.05, 3.63) is 28.1 Å². The Hall–Kier alpha value is -2.38. The molecular weight excluding hydrogens is 254 g/mol. The number of aromatic nitrogens is 1. The van der Waals surface area contributed by atoms with Gasteiger partial charge >= 0.3 is 5.97 Å². The van der Waals surface area contributed by atoms with Gasteiger partial charge in [0.05, 0.1) is 11.1 Å². The Kier molecular flexibility index (Phi) is 4.62. The fraction of sp³-hybridized carbons (Fsp3) is 0.455. The Morgan fingerprint density at radius 2 is 2.16 bits per heavy atom. The first-order valence-electron chi connectivity index (χ1n) is 5.78. The van der Waals surface area contributed by atoms with E-state index in [1.54, 1.807) is 13.8 Å². The van der Waals surface area contributed by atoms with E-state index in [4.69, 9.17) is 5.11 Å². The van der Waals surface area contributed by atoms with Gasteiger partial charge in [-0.25, -0.2) is 4.79 Å². The highest BCUT2D eigenvalue weighted by atomic mass is 16.6. The number of carboxylic acid groups (broad SMARTS) is 1. The van der Waals surface area contributed by atoms with Crippen molar-refractivity contribution in [3.63, 3.8) is 0 Å². The van der Waals surface area contributed by atoms with E-state index in [2.05, 4.69) is 5.32 Å². The van der Waals surface area contributed by atoms with Crippen LogP contribution in [-0.4, -0.2) is 32.5 Å². The lowest BCUT2D eigenvalue weighted by Gasteiger charge is -2.12. The maximum atomic E-state index is 11.9. The lowest BCUT2D eigenvalue weighted by molar-refractivity contribution is -0.384. The van der Waals surface area contributed by atoms with E-state index in [0.717, 1.165) is 6.07 Å². The molecule has 2 N–H and O–H groups in total. The van der Waals surface area contributed by atoms with E-state index in [0.29, 0.717) is 6.54 Å². The number of aliphatic carboxylic acids is 1. The molecule has 1 aromatic rings. The first-order valence-corrected chi connectivity index (χ1v) is 5.78. The van der Waals surface area contributed by atoms with Crippen LogP contribution in [0.15, 0.2) is 12.3 Å². The van der Waals surface area contributed by atoms with Crippen molar-refractivity contribution in [2.45, 2.75) is 32.9 Å². The molecule has 1 heterocycles. The molecule has 0 bridgehead atoms. The Labute approximate surface area is 109 Å². The largest absolute Gasteiger partial charge is 0.480 e. The number of hydrogen-bond donors (Lipinski definition) is 2. The molecule has 0 saturated heterocycles. The van der Waals surface area contributed by atoms with E-state index < -0.39 is 22.8 Å².